The topological polar surface area (TPSA) is 114 Å². The lowest BCUT2D eigenvalue weighted by Crippen LogP contribution is -2.33. The summed E-state index contributed by atoms with van der Waals surface area (Å²) in [4.78, 5) is 15.6. The second-order valence-corrected chi connectivity index (χ2v) is 6.27. The summed E-state index contributed by atoms with van der Waals surface area (Å²) in [6.45, 7) is 0.0106. The average molecular weight is 337 g/mol. The number of rotatable bonds is 5. The zero-order chi connectivity index (χ0) is 13.8. The van der Waals surface area contributed by atoms with Gasteiger partial charge in [-0.25, -0.2) is 18.1 Å². The number of pyridine rings is 1. The smallest absolute Gasteiger partial charge is 0.252 e. The molecule has 7 nitrogen and oxygen atoms in total. The molecule has 0 aromatic carbocycles. The highest BCUT2D eigenvalue weighted by molar-refractivity contribution is 9.10. The minimum atomic E-state index is -3.33. The maximum Gasteiger partial charge on any atom is 0.252 e. The molecular formula is C9H13BrN4O3S. The Kier molecular flexibility index (Phi) is 5.05. The lowest BCUT2D eigenvalue weighted by atomic mass is 10.2. The van der Waals surface area contributed by atoms with Crippen LogP contribution in [0.15, 0.2) is 16.7 Å². The van der Waals surface area contributed by atoms with E-state index in [1.54, 1.807) is 0 Å². The van der Waals surface area contributed by atoms with Crippen LogP contribution in [0.25, 0.3) is 0 Å². The van der Waals surface area contributed by atoms with Crippen molar-refractivity contribution in [3.05, 3.63) is 22.3 Å². The number of halogens is 1. The second-order valence-electron chi connectivity index (χ2n) is 3.37. The molecule has 0 aliphatic heterocycles. The summed E-state index contributed by atoms with van der Waals surface area (Å²) < 4.78 is 24.9. The first-order chi connectivity index (χ1) is 8.35. The normalized spacial score (nSPS) is 11.2. The van der Waals surface area contributed by atoms with Crippen LogP contribution in [-0.4, -0.2) is 38.7 Å². The van der Waals surface area contributed by atoms with E-state index in [2.05, 4.69) is 31.0 Å². The predicted molar refractivity (Wildman–Crippen MR) is 71.5 cm³/mol. The van der Waals surface area contributed by atoms with E-state index in [-0.39, 0.29) is 18.1 Å². The summed E-state index contributed by atoms with van der Waals surface area (Å²) in [6.07, 6.45) is 1.41. The van der Waals surface area contributed by atoms with Crippen molar-refractivity contribution in [3.8, 4) is 0 Å². The third kappa shape index (κ3) is 4.24. The Morgan fingerprint density at radius 2 is 2.22 bits per heavy atom. The van der Waals surface area contributed by atoms with Crippen LogP contribution in [0, 0.1) is 0 Å². The molecule has 0 spiro atoms. The summed E-state index contributed by atoms with van der Waals surface area (Å²) in [5.41, 5.74) is 5.78. The molecule has 0 bridgehead atoms. The summed E-state index contributed by atoms with van der Waals surface area (Å²) in [5, 5.41) is 2.49. The highest BCUT2D eigenvalue weighted by Crippen LogP contribution is 2.16. The summed E-state index contributed by atoms with van der Waals surface area (Å²) >= 11 is 3.17. The van der Waals surface area contributed by atoms with Crippen molar-refractivity contribution in [3.63, 3.8) is 0 Å². The van der Waals surface area contributed by atoms with E-state index < -0.39 is 15.9 Å². The molecule has 0 aliphatic carbocycles. The Bertz CT molecular complexity index is 547. The van der Waals surface area contributed by atoms with Gasteiger partial charge in [-0.15, -0.1) is 0 Å². The maximum atomic E-state index is 11.8. The average Bonchev–Trinajstić information content (AvgIpc) is 2.32. The van der Waals surface area contributed by atoms with Crippen molar-refractivity contribution >= 4 is 37.7 Å². The number of hydrogen-bond acceptors (Lipinski definition) is 5. The van der Waals surface area contributed by atoms with Gasteiger partial charge in [-0.05, 0) is 29.0 Å². The molecule has 0 atom stereocenters. The minimum absolute atomic E-state index is 0.0106. The molecule has 4 N–H and O–H groups in total. The van der Waals surface area contributed by atoms with Gasteiger partial charge in [-0.2, -0.15) is 0 Å². The van der Waals surface area contributed by atoms with Crippen LogP contribution in [-0.2, 0) is 10.0 Å². The van der Waals surface area contributed by atoms with Crippen LogP contribution in [0.2, 0.25) is 0 Å². The van der Waals surface area contributed by atoms with Crippen molar-refractivity contribution < 1.29 is 13.2 Å². The zero-order valence-electron chi connectivity index (χ0n) is 9.60. The number of carbonyl (C=O) groups excluding carboxylic acids is 1. The number of nitrogens with one attached hydrogen (secondary N) is 2. The number of nitrogens with two attached hydrogens (primary N) is 1. The molecule has 1 heterocycles. The number of nitrogens with zero attached hydrogens (tertiary/aromatic N) is 1. The lowest BCUT2D eigenvalue weighted by Gasteiger charge is -2.07. The molecule has 0 saturated carbocycles. The van der Waals surface area contributed by atoms with E-state index in [0.717, 1.165) is 0 Å². The molecule has 18 heavy (non-hydrogen) atoms. The van der Waals surface area contributed by atoms with Gasteiger partial charge in [0.2, 0.25) is 10.0 Å². The first-order valence-corrected chi connectivity index (χ1v) is 7.40. The molecule has 0 radical (unpaired) electrons. The zero-order valence-corrected chi connectivity index (χ0v) is 12.0. The van der Waals surface area contributed by atoms with Crippen LogP contribution in [0.5, 0.6) is 0 Å². The van der Waals surface area contributed by atoms with E-state index in [9.17, 15) is 13.2 Å². The van der Waals surface area contributed by atoms with Crippen molar-refractivity contribution in [2.45, 2.75) is 0 Å². The van der Waals surface area contributed by atoms with Crippen molar-refractivity contribution in [2.24, 2.45) is 0 Å². The molecule has 0 unspecified atom stereocenters. The van der Waals surface area contributed by atoms with Crippen LogP contribution in [0.3, 0.4) is 0 Å². The Balaban J connectivity index is 2.64. The van der Waals surface area contributed by atoms with Gasteiger partial charge >= 0.3 is 0 Å². The summed E-state index contributed by atoms with van der Waals surface area (Å²) in [5.74, 6) is -0.388. The SMILES string of the molecule is CNS(=O)(=O)CCNC(=O)c1cc(N)ncc1Br. The fourth-order valence-electron chi connectivity index (χ4n) is 1.13. The Hall–Kier alpha value is -1.19. The van der Waals surface area contributed by atoms with Crippen LogP contribution in [0.4, 0.5) is 5.82 Å². The van der Waals surface area contributed by atoms with Crippen molar-refractivity contribution in [2.75, 3.05) is 25.1 Å². The van der Waals surface area contributed by atoms with Crippen molar-refractivity contribution in [1.82, 2.24) is 15.0 Å². The van der Waals surface area contributed by atoms with E-state index in [0.29, 0.717) is 10.0 Å². The third-order valence-electron chi connectivity index (χ3n) is 2.09. The first kappa shape index (κ1) is 14.9. The molecule has 100 valence electrons. The molecule has 0 saturated heterocycles. The molecule has 0 fully saturated rings. The third-order valence-corrected chi connectivity index (χ3v) is 4.08. The molecule has 9 heteroatoms. The Morgan fingerprint density at radius 3 is 2.83 bits per heavy atom. The number of aromatic nitrogens is 1. The first-order valence-electron chi connectivity index (χ1n) is 4.96. The molecular weight excluding hydrogens is 324 g/mol. The fraction of sp³-hybridized carbons (Fsp3) is 0.333. The standard InChI is InChI=1S/C9H13BrN4O3S/c1-12-18(16,17)3-2-13-9(15)6-4-8(11)14-5-7(6)10/h4-5,12H,2-3H2,1H3,(H2,11,14)(H,13,15). The fourth-order valence-corrected chi connectivity index (χ4v) is 2.10. The molecule has 1 amide bonds. The van der Waals surface area contributed by atoms with Gasteiger partial charge in [0.15, 0.2) is 0 Å². The van der Waals surface area contributed by atoms with E-state index >= 15 is 0 Å². The Morgan fingerprint density at radius 1 is 1.56 bits per heavy atom. The number of sulfonamides is 1. The second kappa shape index (κ2) is 6.12. The number of carbonyl (C=O) groups is 1. The van der Waals surface area contributed by atoms with Gasteiger partial charge < -0.3 is 11.1 Å². The van der Waals surface area contributed by atoms with Gasteiger partial charge in [-0.1, -0.05) is 0 Å². The van der Waals surface area contributed by atoms with Gasteiger partial charge in [0.1, 0.15) is 5.82 Å². The molecule has 1 rings (SSSR count). The summed E-state index contributed by atoms with van der Waals surface area (Å²) in [6, 6.07) is 1.41. The largest absolute Gasteiger partial charge is 0.384 e. The lowest BCUT2D eigenvalue weighted by molar-refractivity contribution is 0.0955. The quantitative estimate of drug-likeness (QED) is 0.683. The van der Waals surface area contributed by atoms with E-state index in [4.69, 9.17) is 5.73 Å². The van der Waals surface area contributed by atoms with Gasteiger partial charge in [-0.3, -0.25) is 4.79 Å². The van der Waals surface area contributed by atoms with E-state index in [1.165, 1.54) is 19.3 Å². The molecule has 0 aliphatic rings. The van der Waals surface area contributed by atoms with Gasteiger partial charge in [0, 0.05) is 17.2 Å². The number of amides is 1. The number of nitrogen functional groups attached to an aromatic ring is 1. The number of hydrogen-bond donors (Lipinski definition) is 3. The summed E-state index contributed by atoms with van der Waals surface area (Å²) in [7, 11) is -2.01. The monoisotopic (exact) mass is 336 g/mol. The minimum Gasteiger partial charge on any atom is -0.384 e. The van der Waals surface area contributed by atoms with Gasteiger partial charge in [0.05, 0.1) is 11.3 Å². The molecule has 1 aromatic heterocycles. The van der Waals surface area contributed by atoms with Crippen molar-refractivity contribution in [1.29, 1.82) is 0 Å². The Labute approximate surface area is 113 Å². The number of anilines is 1. The predicted octanol–water partition coefficient (Wildman–Crippen LogP) is -0.295. The van der Waals surface area contributed by atoms with E-state index in [1.807, 2.05) is 0 Å². The maximum absolute atomic E-state index is 11.8. The highest BCUT2D eigenvalue weighted by atomic mass is 79.9. The van der Waals surface area contributed by atoms with Gasteiger partial charge in [0.25, 0.3) is 5.91 Å². The van der Waals surface area contributed by atoms with Crippen LogP contribution < -0.4 is 15.8 Å². The highest BCUT2D eigenvalue weighted by Gasteiger charge is 2.12. The van der Waals surface area contributed by atoms with Crippen LogP contribution >= 0.6 is 15.9 Å². The van der Waals surface area contributed by atoms with Crippen LogP contribution in [0.1, 0.15) is 10.4 Å². The molecule has 1 aromatic rings.